The fraction of sp³-hybridized carbons (Fsp3) is 0.950. The van der Waals surface area contributed by atoms with Crippen LogP contribution in [-0.4, -0.2) is 74.8 Å². The molecule has 0 aromatic heterocycles. The second-order valence-electron chi connectivity index (χ2n) is 7.80. The Balaban J connectivity index is 2.17. The number of aliphatic hydroxyl groups excluding tert-OH is 5. The van der Waals surface area contributed by atoms with Crippen LogP contribution >= 0.6 is 0 Å². The van der Waals surface area contributed by atoms with Crippen LogP contribution in [0.3, 0.4) is 0 Å². The Kier molecular flexibility index (Phi) is 12.9. The molecule has 6 atom stereocenters. The average molecular weight is 406 g/mol. The number of unbranched alkanes of at least 4 members (excludes halogenated alkanes) is 8. The highest BCUT2D eigenvalue weighted by Crippen LogP contribution is 2.20. The van der Waals surface area contributed by atoms with Crippen LogP contribution in [0.1, 0.15) is 77.6 Å². The van der Waals surface area contributed by atoms with Gasteiger partial charge in [0.1, 0.15) is 24.4 Å². The molecule has 1 amide bonds. The van der Waals surface area contributed by atoms with Crippen LogP contribution in [0.2, 0.25) is 0 Å². The molecule has 0 aliphatic carbocycles. The van der Waals surface area contributed by atoms with Crippen molar-refractivity contribution in [3.8, 4) is 0 Å². The molecule has 166 valence electrons. The summed E-state index contributed by atoms with van der Waals surface area (Å²) < 4.78 is 4.99. The molecule has 0 spiro atoms. The maximum Gasteiger partial charge on any atom is 0.223 e. The Hall–Kier alpha value is -0.770. The van der Waals surface area contributed by atoms with Crippen molar-refractivity contribution in [2.75, 3.05) is 6.61 Å². The normalized spacial score (nSPS) is 28.9. The average Bonchev–Trinajstić information content (AvgIpc) is 2.66. The van der Waals surface area contributed by atoms with E-state index in [0.29, 0.717) is 6.42 Å². The summed E-state index contributed by atoms with van der Waals surface area (Å²) in [5.41, 5.74) is 0. The highest BCUT2D eigenvalue weighted by Gasteiger charge is 2.44. The van der Waals surface area contributed by atoms with Gasteiger partial charge in [0.15, 0.2) is 6.29 Å². The quantitative estimate of drug-likeness (QED) is 0.232. The van der Waals surface area contributed by atoms with Gasteiger partial charge in [-0.1, -0.05) is 64.7 Å². The molecule has 0 bridgehead atoms. The number of rotatable bonds is 14. The smallest absolute Gasteiger partial charge is 0.223 e. The van der Waals surface area contributed by atoms with Crippen molar-refractivity contribution < 1.29 is 35.1 Å². The van der Waals surface area contributed by atoms with E-state index in [-0.39, 0.29) is 6.42 Å². The fourth-order valence-corrected chi connectivity index (χ4v) is 3.50. The number of amides is 1. The molecule has 1 aliphatic heterocycles. The highest BCUT2D eigenvalue weighted by molar-refractivity contribution is 5.76. The summed E-state index contributed by atoms with van der Waals surface area (Å²) in [5, 5.41) is 51.1. The van der Waals surface area contributed by atoms with Gasteiger partial charge in [-0.2, -0.15) is 0 Å². The van der Waals surface area contributed by atoms with E-state index in [9.17, 15) is 25.2 Å². The first-order valence-electron chi connectivity index (χ1n) is 10.7. The van der Waals surface area contributed by atoms with Crippen LogP contribution < -0.4 is 5.32 Å². The largest absolute Gasteiger partial charge is 0.394 e. The summed E-state index contributed by atoms with van der Waals surface area (Å²) in [6.45, 7) is 1.64. The monoisotopic (exact) mass is 405 g/mol. The van der Waals surface area contributed by atoms with E-state index < -0.39 is 49.3 Å². The summed E-state index contributed by atoms with van der Waals surface area (Å²) in [4.78, 5) is 12.1. The number of aliphatic hydroxyl groups is 5. The summed E-state index contributed by atoms with van der Waals surface area (Å²) in [7, 11) is 0. The lowest BCUT2D eigenvalue weighted by Gasteiger charge is -2.40. The van der Waals surface area contributed by atoms with Crippen LogP contribution in [0, 0.1) is 0 Å². The maximum absolute atomic E-state index is 12.1. The fourth-order valence-electron chi connectivity index (χ4n) is 3.50. The van der Waals surface area contributed by atoms with E-state index in [1.165, 1.54) is 38.5 Å². The number of hydrogen-bond donors (Lipinski definition) is 6. The van der Waals surface area contributed by atoms with Crippen LogP contribution in [0.25, 0.3) is 0 Å². The van der Waals surface area contributed by atoms with Crippen molar-refractivity contribution >= 4 is 5.91 Å². The molecule has 0 aromatic carbocycles. The lowest BCUT2D eigenvalue weighted by atomic mass is 9.96. The minimum atomic E-state index is -1.55. The predicted molar refractivity (Wildman–Crippen MR) is 104 cm³/mol. The molecule has 0 aromatic rings. The van der Waals surface area contributed by atoms with Gasteiger partial charge in [0.05, 0.1) is 19.1 Å². The van der Waals surface area contributed by atoms with Gasteiger partial charge >= 0.3 is 0 Å². The van der Waals surface area contributed by atoms with Crippen LogP contribution in [0.4, 0.5) is 0 Å². The third-order valence-corrected chi connectivity index (χ3v) is 5.29. The zero-order valence-corrected chi connectivity index (χ0v) is 17.0. The zero-order valence-electron chi connectivity index (χ0n) is 17.0. The van der Waals surface area contributed by atoms with Crippen molar-refractivity contribution in [1.82, 2.24) is 5.32 Å². The van der Waals surface area contributed by atoms with Gasteiger partial charge in [-0.3, -0.25) is 4.79 Å². The molecule has 0 unspecified atom stereocenters. The number of nitrogens with one attached hydrogen (secondary N) is 1. The molecule has 0 saturated carbocycles. The third kappa shape index (κ3) is 9.15. The van der Waals surface area contributed by atoms with E-state index in [1.807, 2.05) is 0 Å². The Morgan fingerprint density at radius 1 is 0.964 bits per heavy atom. The summed E-state index contributed by atoms with van der Waals surface area (Å²) in [5.74, 6) is -0.537. The van der Waals surface area contributed by atoms with Gasteiger partial charge in [0.25, 0.3) is 0 Å². The molecule has 1 rings (SSSR count). The van der Waals surface area contributed by atoms with E-state index in [0.717, 1.165) is 19.3 Å². The Morgan fingerprint density at radius 3 is 2.11 bits per heavy atom. The molecule has 1 fully saturated rings. The Morgan fingerprint density at radius 2 is 1.54 bits per heavy atom. The van der Waals surface area contributed by atoms with E-state index >= 15 is 0 Å². The highest BCUT2D eigenvalue weighted by atomic mass is 16.6. The Labute approximate surface area is 167 Å². The van der Waals surface area contributed by atoms with E-state index in [4.69, 9.17) is 9.84 Å². The van der Waals surface area contributed by atoms with E-state index in [1.54, 1.807) is 0 Å². The molecule has 0 radical (unpaired) electrons. The van der Waals surface area contributed by atoms with Gasteiger partial charge in [0, 0.05) is 0 Å². The minimum absolute atomic E-state index is 0.146. The molecule has 1 aliphatic rings. The zero-order chi connectivity index (χ0) is 20.9. The van der Waals surface area contributed by atoms with Crippen molar-refractivity contribution in [3.05, 3.63) is 0 Å². The second-order valence-corrected chi connectivity index (χ2v) is 7.80. The molecule has 1 saturated heterocycles. The van der Waals surface area contributed by atoms with Crippen molar-refractivity contribution in [2.45, 2.75) is 114 Å². The van der Waals surface area contributed by atoms with E-state index in [2.05, 4.69) is 12.2 Å². The summed E-state index contributed by atoms with van der Waals surface area (Å²) in [6.07, 6.45) is 4.61. The first-order valence-corrected chi connectivity index (χ1v) is 10.7. The molecular weight excluding hydrogens is 366 g/mol. The first-order chi connectivity index (χ1) is 13.4. The third-order valence-electron chi connectivity index (χ3n) is 5.29. The van der Waals surface area contributed by atoms with Crippen molar-refractivity contribution in [2.24, 2.45) is 0 Å². The molecule has 8 nitrogen and oxygen atoms in total. The lowest BCUT2D eigenvalue weighted by molar-refractivity contribution is -0.254. The van der Waals surface area contributed by atoms with Gasteiger partial charge in [-0.25, -0.2) is 0 Å². The van der Waals surface area contributed by atoms with Gasteiger partial charge < -0.3 is 35.6 Å². The van der Waals surface area contributed by atoms with Crippen molar-refractivity contribution in [3.63, 3.8) is 0 Å². The molecule has 6 N–H and O–H groups in total. The molecule has 1 heterocycles. The standard InChI is InChI=1S/C20H39NO7/c1-2-3-4-5-6-7-8-9-10-11-14(23)12-16(24)21-17-19(26)18(25)15(13-22)28-20(17)27/h14-15,17-20,22-23,25-27H,2-13H2,1H3,(H,21,24)/t14-,15-,17-,18-,19-,20-/m1/s1. The number of carbonyl (C=O) groups is 1. The molecular formula is C20H39NO7. The predicted octanol–water partition coefficient (Wildman–Crippen LogP) is 0.574. The number of carbonyl (C=O) groups excluding carboxylic acids is 1. The van der Waals surface area contributed by atoms with Gasteiger partial charge in [-0.05, 0) is 6.42 Å². The van der Waals surface area contributed by atoms with Gasteiger partial charge in [0.2, 0.25) is 5.91 Å². The van der Waals surface area contributed by atoms with Crippen LogP contribution in [-0.2, 0) is 9.53 Å². The minimum Gasteiger partial charge on any atom is -0.394 e. The van der Waals surface area contributed by atoms with Crippen LogP contribution in [0.5, 0.6) is 0 Å². The summed E-state index contributed by atoms with van der Waals surface area (Å²) in [6, 6.07) is -1.22. The number of ether oxygens (including phenoxy) is 1. The van der Waals surface area contributed by atoms with Crippen LogP contribution in [0.15, 0.2) is 0 Å². The Bertz CT molecular complexity index is 423. The molecule has 28 heavy (non-hydrogen) atoms. The lowest BCUT2D eigenvalue weighted by Crippen LogP contribution is -2.64. The second kappa shape index (κ2) is 14.3. The topological polar surface area (TPSA) is 139 Å². The van der Waals surface area contributed by atoms with Crippen molar-refractivity contribution in [1.29, 1.82) is 0 Å². The van der Waals surface area contributed by atoms with Gasteiger partial charge in [-0.15, -0.1) is 0 Å². The molecule has 8 heteroatoms. The first kappa shape index (κ1) is 25.3. The summed E-state index contributed by atoms with van der Waals surface area (Å²) >= 11 is 0. The SMILES string of the molecule is CCCCCCCCCCC[C@@H](O)CC(=O)N[C@@H]1[C@@H](O)[C@H](O)[C@@H](CO)O[C@H]1O. The number of hydrogen-bond acceptors (Lipinski definition) is 7. The maximum atomic E-state index is 12.1.